The molecule has 2 aromatic rings. The Kier molecular flexibility index (Phi) is 6.29. The fraction of sp³-hybridized carbons (Fsp3) is 0.520. The lowest BCUT2D eigenvalue weighted by atomic mass is 9.73. The van der Waals surface area contributed by atoms with Gasteiger partial charge in [-0.2, -0.15) is 0 Å². The van der Waals surface area contributed by atoms with Crippen molar-refractivity contribution in [1.29, 1.82) is 0 Å². The quantitative estimate of drug-likeness (QED) is 0.512. The number of fused-ring (bicyclic) bond motifs is 2. The van der Waals surface area contributed by atoms with Gasteiger partial charge in [0.15, 0.2) is 0 Å². The Bertz CT molecular complexity index is 769. The molecule has 3 heteroatoms. The first-order chi connectivity index (χ1) is 12.8. The molecule has 2 heterocycles. The minimum Gasteiger partial charge on any atom is -1.00 e. The molecule has 2 aromatic carbocycles. The van der Waals surface area contributed by atoms with Gasteiger partial charge in [-0.1, -0.05) is 48.5 Å². The Morgan fingerprint density at radius 3 is 1.71 bits per heavy atom. The Hall–Kier alpha value is -0.910. The molecule has 1 N–H and O–H groups in total. The molecular weight excluding hydrogens is 457 g/mol. The number of aliphatic hydroxyl groups is 1. The van der Waals surface area contributed by atoms with Gasteiger partial charge in [-0.15, -0.1) is 0 Å². The van der Waals surface area contributed by atoms with Crippen molar-refractivity contribution in [2.24, 2.45) is 5.92 Å². The highest BCUT2D eigenvalue weighted by Gasteiger charge is 2.50. The van der Waals surface area contributed by atoms with Crippen LogP contribution in [0.2, 0.25) is 0 Å². The van der Waals surface area contributed by atoms with Crippen LogP contribution in [0.1, 0.15) is 54.4 Å². The number of aryl methyl sites for hydroxylation is 2. The van der Waals surface area contributed by atoms with E-state index in [1.807, 2.05) is 0 Å². The van der Waals surface area contributed by atoms with Gasteiger partial charge in [0, 0.05) is 25.7 Å². The third-order valence-electron chi connectivity index (χ3n) is 7.69. The summed E-state index contributed by atoms with van der Waals surface area (Å²) in [5.74, 6) is 0.581. The van der Waals surface area contributed by atoms with Crippen LogP contribution in [-0.4, -0.2) is 35.8 Å². The third-order valence-corrected chi connectivity index (χ3v) is 7.69. The van der Waals surface area contributed by atoms with Crippen molar-refractivity contribution in [2.45, 2.75) is 63.6 Å². The highest BCUT2D eigenvalue weighted by molar-refractivity contribution is 5.43. The van der Waals surface area contributed by atoms with Crippen LogP contribution < -0.4 is 24.0 Å². The van der Waals surface area contributed by atoms with Crippen LogP contribution in [-0.2, 0) is 5.60 Å². The maximum absolute atomic E-state index is 12.2. The van der Waals surface area contributed by atoms with Crippen molar-refractivity contribution >= 4 is 0 Å². The predicted molar refractivity (Wildman–Crippen MR) is 112 cm³/mol. The van der Waals surface area contributed by atoms with Gasteiger partial charge in [-0.25, -0.2) is 0 Å². The van der Waals surface area contributed by atoms with Crippen molar-refractivity contribution < 1.29 is 33.6 Å². The number of hydrogen-bond donors (Lipinski definition) is 1. The van der Waals surface area contributed by atoms with E-state index in [9.17, 15) is 5.11 Å². The molecule has 2 aliphatic heterocycles. The maximum Gasteiger partial charge on any atom is 0.115 e. The molecule has 0 spiro atoms. The summed E-state index contributed by atoms with van der Waals surface area (Å²) in [7, 11) is 4.82. The van der Waals surface area contributed by atoms with Gasteiger partial charge in [0.25, 0.3) is 0 Å². The van der Waals surface area contributed by atoms with Gasteiger partial charge in [-0.05, 0) is 48.4 Å². The summed E-state index contributed by atoms with van der Waals surface area (Å²) < 4.78 is 1.18. The number of piperidine rings is 1. The van der Waals surface area contributed by atoms with Crippen molar-refractivity contribution in [3.05, 3.63) is 70.8 Å². The van der Waals surface area contributed by atoms with Crippen LogP contribution in [0.3, 0.4) is 0 Å². The molecule has 4 rings (SSSR count). The van der Waals surface area contributed by atoms with Crippen molar-refractivity contribution in [3.63, 3.8) is 0 Å². The molecule has 2 saturated heterocycles. The third kappa shape index (κ3) is 3.66. The zero-order valence-corrected chi connectivity index (χ0v) is 19.8. The molecule has 0 aliphatic carbocycles. The Morgan fingerprint density at radius 2 is 1.29 bits per heavy atom. The van der Waals surface area contributed by atoms with E-state index in [-0.39, 0.29) is 24.0 Å². The van der Waals surface area contributed by atoms with Gasteiger partial charge in [0.2, 0.25) is 0 Å². The molecule has 0 amide bonds. The number of rotatable bonds is 4. The Labute approximate surface area is 187 Å². The van der Waals surface area contributed by atoms with Crippen molar-refractivity contribution in [3.8, 4) is 0 Å². The molecule has 2 atom stereocenters. The second-order valence-electron chi connectivity index (χ2n) is 9.55. The summed E-state index contributed by atoms with van der Waals surface area (Å²) in [6.07, 6.45) is 6.01. The van der Waals surface area contributed by atoms with Crippen LogP contribution >= 0.6 is 0 Å². The molecule has 152 valence electrons. The SMILES string of the molecule is Cc1ccccc1C(O)(CC1CC2CCC(C1)[N+]2(C)C)c1ccccc1C.[I-]. The number of hydrogen-bond acceptors (Lipinski definition) is 1. The first kappa shape index (κ1) is 21.8. The van der Waals surface area contributed by atoms with Crippen molar-refractivity contribution in [2.75, 3.05) is 14.1 Å². The topological polar surface area (TPSA) is 20.2 Å². The normalized spacial score (nSPS) is 26.0. The average Bonchev–Trinajstić information content (AvgIpc) is 2.80. The highest BCUT2D eigenvalue weighted by atomic mass is 127. The summed E-state index contributed by atoms with van der Waals surface area (Å²) in [6.45, 7) is 4.26. The van der Waals surface area contributed by atoms with Gasteiger partial charge >= 0.3 is 0 Å². The minimum atomic E-state index is -0.907. The second-order valence-corrected chi connectivity index (χ2v) is 9.55. The smallest absolute Gasteiger partial charge is 0.115 e. The lowest BCUT2D eigenvalue weighted by Crippen LogP contribution is -3.00. The molecule has 28 heavy (non-hydrogen) atoms. The highest BCUT2D eigenvalue weighted by Crippen LogP contribution is 2.47. The van der Waals surface area contributed by atoms with Crippen LogP contribution in [0.5, 0.6) is 0 Å². The molecule has 2 aliphatic rings. The van der Waals surface area contributed by atoms with E-state index in [1.54, 1.807) is 0 Å². The predicted octanol–water partition coefficient (Wildman–Crippen LogP) is 1.95. The molecule has 2 unspecified atom stereocenters. The van der Waals surface area contributed by atoms with Gasteiger partial charge in [0.05, 0.1) is 26.2 Å². The first-order valence-corrected chi connectivity index (χ1v) is 10.5. The molecule has 0 aromatic heterocycles. The van der Waals surface area contributed by atoms with Crippen LogP contribution in [0.15, 0.2) is 48.5 Å². The maximum atomic E-state index is 12.2. The average molecular weight is 491 g/mol. The number of quaternary nitrogens is 1. The molecule has 2 nitrogen and oxygen atoms in total. The fourth-order valence-electron chi connectivity index (χ4n) is 6.02. The van der Waals surface area contributed by atoms with Crippen LogP contribution in [0.4, 0.5) is 0 Å². The Balaban J connectivity index is 0.00000225. The van der Waals surface area contributed by atoms with Gasteiger partial charge in [0.1, 0.15) is 5.60 Å². The summed E-state index contributed by atoms with van der Waals surface area (Å²) in [5, 5.41) is 12.2. The van der Waals surface area contributed by atoms with Gasteiger partial charge in [-0.3, -0.25) is 0 Å². The largest absolute Gasteiger partial charge is 1.00 e. The monoisotopic (exact) mass is 491 g/mol. The van der Waals surface area contributed by atoms with Gasteiger partial charge < -0.3 is 33.6 Å². The van der Waals surface area contributed by atoms with Crippen molar-refractivity contribution in [1.82, 2.24) is 0 Å². The minimum absolute atomic E-state index is 0. The van der Waals surface area contributed by atoms with E-state index in [1.165, 1.54) is 41.3 Å². The number of benzene rings is 2. The summed E-state index contributed by atoms with van der Waals surface area (Å²) in [4.78, 5) is 0. The molecule has 2 fully saturated rings. The Morgan fingerprint density at radius 1 is 0.857 bits per heavy atom. The molecular formula is C25H34INO. The molecule has 0 radical (unpaired) electrons. The van der Waals surface area contributed by atoms with E-state index in [0.29, 0.717) is 5.92 Å². The fourth-order valence-corrected chi connectivity index (χ4v) is 6.02. The summed E-state index contributed by atoms with van der Waals surface area (Å²) in [5.41, 5.74) is 3.60. The molecule has 2 bridgehead atoms. The number of nitrogens with zero attached hydrogens (tertiary/aromatic N) is 1. The van der Waals surface area contributed by atoms with E-state index in [0.717, 1.165) is 29.6 Å². The van der Waals surface area contributed by atoms with E-state index in [2.05, 4.69) is 76.5 Å². The summed E-state index contributed by atoms with van der Waals surface area (Å²) in [6, 6.07) is 18.3. The van der Waals surface area contributed by atoms with E-state index < -0.39 is 5.60 Å². The number of halogens is 1. The zero-order valence-electron chi connectivity index (χ0n) is 17.7. The second kappa shape index (κ2) is 8.08. The lowest BCUT2D eigenvalue weighted by molar-refractivity contribution is -0.931. The lowest BCUT2D eigenvalue weighted by Gasteiger charge is -2.46. The summed E-state index contributed by atoms with van der Waals surface area (Å²) >= 11 is 0. The molecule has 0 saturated carbocycles. The first-order valence-electron chi connectivity index (χ1n) is 10.5. The van der Waals surface area contributed by atoms with Crippen LogP contribution in [0.25, 0.3) is 0 Å². The zero-order chi connectivity index (χ0) is 19.2. The van der Waals surface area contributed by atoms with Crippen LogP contribution in [0, 0.1) is 19.8 Å². The van der Waals surface area contributed by atoms with E-state index in [4.69, 9.17) is 0 Å². The standard InChI is InChI=1S/C25H34NO.HI/c1-18-9-5-7-11-23(18)25(27,24-12-8-6-10-19(24)2)17-20-15-21-13-14-22(16-20)26(21,3)4;/h5-12,20-22,27H,13-17H2,1-4H3;1H/q+1;/p-1. The van der Waals surface area contributed by atoms with E-state index >= 15 is 0 Å².